The summed E-state index contributed by atoms with van der Waals surface area (Å²) >= 11 is 17.5. The summed E-state index contributed by atoms with van der Waals surface area (Å²) in [4.78, 5) is 0. The Bertz CT molecular complexity index is 364. The lowest BCUT2D eigenvalue weighted by atomic mass is 10.0. The van der Waals surface area contributed by atoms with E-state index in [0.717, 1.165) is 0 Å². The van der Waals surface area contributed by atoms with E-state index >= 15 is 0 Å². The monoisotopic (exact) mass is 297 g/mol. The van der Waals surface area contributed by atoms with E-state index in [2.05, 4.69) is 5.32 Å². The van der Waals surface area contributed by atoms with Crippen LogP contribution in [-0.4, -0.2) is 29.9 Å². The van der Waals surface area contributed by atoms with Gasteiger partial charge in [-0.15, -0.1) is 0 Å². The maximum Gasteiger partial charge on any atom is 0.105 e. The molecule has 0 saturated carbocycles. The Kier molecular flexibility index (Phi) is 6.00. The van der Waals surface area contributed by atoms with Crippen molar-refractivity contribution in [2.24, 2.45) is 0 Å². The number of aliphatic hydroxyl groups is 2. The summed E-state index contributed by atoms with van der Waals surface area (Å²) in [5, 5.41) is 23.3. The van der Waals surface area contributed by atoms with Gasteiger partial charge >= 0.3 is 0 Å². The SMILES string of the molecule is CNCCC(O)C(O)c1cc(Cl)c(Cl)c(Cl)c1. The Morgan fingerprint density at radius 2 is 1.71 bits per heavy atom. The first kappa shape index (κ1) is 15.0. The van der Waals surface area contributed by atoms with Gasteiger partial charge in [0.2, 0.25) is 0 Å². The van der Waals surface area contributed by atoms with Crippen LogP contribution in [0.4, 0.5) is 0 Å². The molecule has 0 aromatic heterocycles. The normalized spacial score (nSPS) is 14.7. The van der Waals surface area contributed by atoms with Gasteiger partial charge in [-0.3, -0.25) is 0 Å². The Morgan fingerprint density at radius 1 is 1.18 bits per heavy atom. The Hall–Kier alpha value is -0.0300. The molecule has 0 aliphatic carbocycles. The van der Waals surface area contributed by atoms with Crippen molar-refractivity contribution in [2.45, 2.75) is 18.6 Å². The van der Waals surface area contributed by atoms with Gasteiger partial charge in [0.15, 0.2) is 0 Å². The highest BCUT2D eigenvalue weighted by molar-refractivity contribution is 6.48. The van der Waals surface area contributed by atoms with Crippen molar-refractivity contribution in [2.75, 3.05) is 13.6 Å². The minimum Gasteiger partial charge on any atom is -0.390 e. The Morgan fingerprint density at radius 3 is 2.18 bits per heavy atom. The van der Waals surface area contributed by atoms with Crippen LogP contribution in [0, 0.1) is 0 Å². The third-order valence-corrected chi connectivity index (χ3v) is 3.60. The van der Waals surface area contributed by atoms with Gasteiger partial charge in [0, 0.05) is 0 Å². The summed E-state index contributed by atoms with van der Waals surface area (Å²) in [6.45, 7) is 0.604. The molecule has 0 saturated heterocycles. The molecule has 0 radical (unpaired) electrons. The number of benzene rings is 1. The standard InChI is InChI=1S/C11H14Cl3NO2/c1-15-3-2-9(16)11(17)6-4-7(12)10(14)8(13)5-6/h4-5,9,11,15-17H,2-3H2,1H3. The van der Waals surface area contributed by atoms with Crippen LogP contribution in [-0.2, 0) is 0 Å². The number of rotatable bonds is 5. The highest BCUT2D eigenvalue weighted by Gasteiger charge is 2.19. The molecule has 0 spiro atoms. The van der Waals surface area contributed by atoms with Crippen LogP contribution < -0.4 is 5.32 Å². The zero-order valence-electron chi connectivity index (χ0n) is 9.25. The van der Waals surface area contributed by atoms with Gasteiger partial charge in [0.05, 0.1) is 21.2 Å². The van der Waals surface area contributed by atoms with Crippen LogP contribution in [0.15, 0.2) is 12.1 Å². The van der Waals surface area contributed by atoms with E-state index < -0.39 is 12.2 Å². The molecule has 0 amide bonds. The van der Waals surface area contributed by atoms with Crippen LogP contribution >= 0.6 is 34.8 Å². The predicted molar refractivity (Wildman–Crippen MR) is 71.0 cm³/mol. The smallest absolute Gasteiger partial charge is 0.105 e. The van der Waals surface area contributed by atoms with E-state index in [9.17, 15) is 10.2 Å². The zero-order chi connectivity index (χ0) is 13.0. The lowest BCUT2D eigenvalue weighted by Crippen LogP contribution is -2.23. The topological polar surface area (TPSA) is 52.5 Å². The minimum atomic E-state index is -1.03. The maximum absolute atomic E-state index is 9.92. The molecule has 3 nitrogen and oxygen atoms in total. The lowest BCUT2D eigenvalue weighted by Gasteiger charge is -2.18. The second-order valence-corrected chi connectivity index (χ2v) is 4.90. The van der Waals surface area contributed by atoms with Gasteiger partial charge in [-0.2, -0.15) is 0 Å². The van der Waals surface area contributed by atoms with Crippen molar-refractivity contribution in [3.63, 3.8) is 0 Å². The molecule has 6 heteroatoms. The Balaban J connectivity index is 2.85. The van der Waals surface area contributed by atoms with Gasteiger partial charge in [0.25, 0.3) is 0 Å². The van der Waals surface area contributed by atoms with Crippen LogP contribution in [0.3, 0.4) is 0 Å². The van der Waals surface area contributed by atoms with Gasteiger partial charge in [-0.1, -0.05) is 34.8 Å². The fraction of sp³-hybridized carbons (Fsp3) is 0.455. The molecule has 0 aliphatic heterocycles. The highest BCUT2D eigenvalue weighted by atomic mass is 35.5. The summed E-state index contributed by atoms with van der Waals surface area (Å²) in [5.74, 6) is 0. The van der Waals surface area contributed by atoms with E-state index in [1.165, 1.54) is 12.1 Å². The fourth-order valence-corrected chi connectivity index (χ4v) is 2.03. The molecule has 1 aromatic carbocycles. The maximum atomic E-state index is 9.92. The first-order chi connectivity index (χ1) is 7.97. The van der Waals surface area contributed by atoms with Crippen molar-refractivity contribution in [1.29, 1.82) is 0 Å². The third kappa shape index (κ3) is 3.98. The predicted octanol–water partition coefficient (Wildman–Crippen LogP) is 2.65. The molecule has 1 rings (SSSR count). The van der Waals surface area contributed by atoms with Gasteiger partial charge in [-0.25, -0.2) is 0 Å². The lowest BCUT2D eigenvalue weighted by molar-refractivity contribution is 0.0140. The number of halogens is 3. The van der Waals surface area contributed by atoms with E-state index in [1.54, 1.807) is 7.05 Å². The van der Waals surface area contributed by atoms with Crippen molar-refractivity contribution in [3.05, 3.63) is 32.8 Å². The Labute approximate surface area is 115 Å². The fourth-order valence-electron chi connectivity index (χ4n) is 1.42. The molecule has 0 fully saturated rings. The summed E-state index contributed by atoms with van der Waals surface area (Å²) in [5.41, 5.74) is 0.452. The first-order valence-electron chi connectivity index (χ1n) is 5.12. The van der Waals surface area contributed by atoms with Gasteiger partial charge < -0.3 is 15.5 Å². The molecule has 0 heterocycles. The van der Waals surface area contributed by atoms with Crippen LogP contribution in [0.5, 0.6) is 0 Å². The number of aliphatic hydroxyl groups excluding tert-OH is 2. The van der Waals surface area contributed by atoms with E-state index in [0.29, 0.717) is 18.5 Å². The molecule has 0 aliphatic rings. The van der Waals surface area contributed by atoms with Crippen LogP contribution in [0.25, 0.3) is 0 Å². The van der Waals surface area contributed by atoms with E-state index in [1.807, 2.05) is 0 Å². The number of hydrogen-bond acceptors (Lipinski definition) is 3. The molecule has 0 bridgehead atoms. The second-order valence-electron chi connectivity index (χ2n) is 3.70. The summed E-state index contributed by atoms with van der Waals surface area (Å²) < 4.78 is 0. The summed E-state index contributed by atoms with van der Waals surface area (Å²) in [7, 11) is 1.77. The number of hydrogen-bond donors (Lipinski definition) is 3. The van der Waals surface area contributed by atoms with Crippen molar-refractivity contribution < 1.29 is 10.2 Å². The zero-order valence-corrected chi connectivity index (χ0v) is 11.5. The molecule has 1 aromatic rings. The highest BCUT2D eigenvalue weighted by Crippen LogP contribution is 2.34. The van der Waals surface area contributed by atoms with Crippen LogP contribution in [0.2, 0.25) is 15.1 Å². The van der Waals surface area contributed by atoms with Crippen LogP contribution in [0.1, 0.15) is 18.1 Å². The number of nitrogens with one attached hydrogen (secondary N) is 1. The first-order valence-corrected chi connectivity index (χ1v) is 6.26. The summed E-state index contributed by atoms with van der Waals surface area (Å²) in [6, 6.07) is 3.01. The average Bonchev–Trinajstić information content (AvgIpc) is 2.31. The largest absolute Gasteiger partial charge is 0.390 e. The molecule has 17 heavy (non-hydrogen) atoms. The van der Waals surface area contributed by atoms with Gasteiger partial charge in [0.1, 0.15) is 6.10 Å². The third-order valence-electron chi connectivity index (χ3n) is 2.40. The summed E-state index contributed by atoms with van der Waals surface area (Å²) in [6.07, 6.45) is -1.48. The molecule has 2 atom stereocenters. The molecule has 3 N–H and O–H groups in total. The molecular weight excluding hydrogens is 284 g/mol. The van der Waals surface area contributed by atoms with Gasteiger partial charge in [-0.05, 0) is 37.7 Å². The average molecular weight is 299 g/mol. The van der Waals surface area contributed by atoms with Crippen molar-refractivity contribution in [3.8, 4) is 0 Å². The van der Waals surface area contributed by atoms with Crippen molar-refractivity contribution in [1.82, 2.24) is 5.32 Å². The quantitative estimate of drug-likeness (QED) is 0.733. The molecule has 2 unspecified atom stereocenters. The van der Waals surface area contributed by atoms with Crippen molar-refractivity contribution >= 4 is 34.8 Å². The molecular formula is C11H14Cl3NO2. The molecule has 96 valence electrons. The van der Waals surface area contributed by atoms with E-state index in [4.69, 9.17) is 34.8 Å². The second kappa shape index (κ2) is 6.78. The van der Waals surface area contributed by atoms with E-state index in [-0.39, 0.29) is 15.1 Å². The minimum absolute atomic E-state index is 0.244.